The Morgan fingerprint density at radius 2 is 2.14 bits per heavy atom. The molecule has 28 heavy (non-hydrogen) atoms. The number of H-pyrrole nitrogens is 1. The summed E-state index contributed by atoms with van der Waals surface area (Å²) in [5.41, 5.74) is 5.06. The predicted molar refractivity (Wildman–Crippen MR) is 112 cm³/mol. The molecule has 0 saturated carbocycles. The van der Waals surface area contributed by atoms with Gasteiger partial charge in [-0.25, -0.2) is 4.99 Å². The molecular formula is C23H27N3O2. The van der Waals surface area contributed by atoms with Crippen molar-refractivity contribution < 1.29 is 9.53 Å². The summed E-state index contributed by atoms with van der Waals surface area (Å²) in [4.78, 5) is 23.3. The molecule has 0 spiro atoms. The van der Waals surface area contributed by atoms with E-state index in [4.69, 9.17) is 9.73 Å². The van der Waals surface area contributed by atoms with Gasteiger partial charge >= 0.3 is 0 Å². The van der Waals surface area contributed by atoms with Crippen molar-refractivity contribution in [1.82, 2.24) is 9.88 Å². The molecule has 1 atom stereocenters. The highest BCUT2D eigenvalue weighted by Crippen LogP contribution is 2.35. The van der Waals surface area contributed by atoms with Crippen molar-refractivity contribution in [3.8, 4) is 0 Å². The summed E-state index contributed by atoms with van der Waals surface area (Å²) in [6, 6.07) is 7.73. The Balaban J connectivity index is 1.81. The van der Waals surface area contributed by atoms with Gasteiger partial charge in [-0.2, -0.15) is 0 Å². The number of methoxy groups -OCH3 is 1. The Kier molecular flexibility index (Phi) is 4.41. The van der Waals surface area contributed by atoms with Crippen LogP contribution in [0.2, 0.25) is 0 Å². The van der Waals surface area contributed by atoms with Gasteiger partial charge in [0.2, 0.25) is 5.90 Å². The number of amides is 1. The SMILES string of the molecule is C=CC(C)(C)c1[nH]c2ccccc2c1CC1N=C(OC)C2=C(C)CCN2C1=O. The second kappa shape index (κ2) is 6.66. The number of hydrogen-bond donors (Lipinski definition) is 1. The number of fused-ring (bicyclic) bond motifs is 2. The van der Waals surface area contributed by atoms with E-state index in [0.717, 1.165) is 39.9 Å². The van der Waals surface area contributed by atoms with Crippen LogP contribution in [0.4, 0.5) is 0 Å². The first-order chi connectivity index (χ1) is 13.4. The zero-order valence-electron chi connectivity index (χ0n) is 17.0. The summed E-state index contributed by atoms with van der Waals surface area (Å²) in [5.74, 6) is 0.629. The van der Waals surface area contributed by atoms with Crippen molar-refractivity contribution in [2.75, 3.05) is 13.7 Å². The smallest absolute Gasteiger partial charge is 0.252 e. The molecule has 1 unspecified atom stereocenters. The van der Waals surface area contributed by atoms with Crippen molar-refractivity contribution in [3.05, 3.63) is 59.4 Å². The van der Waals surface area contributed by atoms with E-state index < -0.39 is 6.04 Å². The lowest BCUT2D eigenvalue weighted by molar-refractivity contribution is -0.130. The number of para-hydroxylation sites is 1. The average molecular weight is 377 g/mol. The molecule has 2 aliphatic rings. The number of hydrogen-bond acceptors (Lipinski definition) is 3. The van der Waals surface area contributed by atoms with E-state index in [0.29, 0.717) is 18.9 Å². The van der Waals surface area contributed by atoms with Gasteiger partial charge in [-0.15, -0.1) is 6.58 Å². The van der Waals surface area contributed by atoms with E-state index in [1.165, 1.54) is 0 Å². The van der Waals surface area contributed by atoms with E-state index in [-0.39, 0.29) is 11.3 Å². The highest BCUT2D eigenvalue weighted by molar-refractivity contribution is 6.04. The summed E-state index contributed by atoms with van der Waals surface area (Å²) < 4.78 is 5.55. The van der Waals surface area contributed by atoms with Crippen molar-refractivity contribution in [3.63, 3.8) is 0 Å². The number of rotatable bonds is 4. The molecule has 4 rings (SSSR count). The molecule has 1 N–H and O–H groups in total. The van der Waals surface area contributed by atoms with Crippen molar-refractivity contribution in [1.29, 1.82) is 0 Å². The molecule has 0 fully saturated rings. The molecular weight excluding hydrogens is 350 g/mol. The molecule has 5 heteroatoms. The number of benzene rings is 1. The summed E-state index contributed by atoms with van der Waals surface area (Å²) in [7, 11) is 1.63. The zero-order chi connectivity index (χ0) is 20.1. The summed E-state index contributed by atoms with van der Waals surface area (Å²) in [6.45, 7) is 11.0. The standard InChI is InChI=1S/C23H27N3O2/c1-6-23(3,4)20-16(15-9-7-8-10-17(15)24-20)13-18-22(27)26-12-11-14(2)19(26)21(25-18)28-5/h6-10,18,24H,1,11-13H2,2-5H3. The quantitative estimate of drug-likeness (QED) is 0.815. The van der Waals surface area contributed by atoms with Gasteiger partial charge in [-0.3, -0.25) is 4.79 Å². The third-order valence-electron chi connectivity index (χ3n) is 5.97. The van der Waals surface area contributed by atoms with E-state index in [1.807, 2.05) is 30.0 Å². The fourth-order valence-corrected chi connectivity index (χ4v) is 4.24. The van der Waals surface area contributed by atoms with Crippen molar-refractivity contribution in [2.24, 2.45) is 4.99 Å². The van der Waals surface area contributed by atoms with Gasteiger partial charge in [0.05, 0.1) is 7.11 Å². The number of nitrogens with one attached hydrogen (secondary N) is 1. The van der Waals surface area contributed by atoms with Crippen LogP contribution in [-0.2, 0) is 21.4 Å². The van der Waals surface area contributed by atoms with Gasteiger partial charge in [0, 0.05) is 35.0 Å². The fourth-order valence-electron chi connectivity index (χ4n) is 4.24. The lowest BCUT2D eigenvalue weighted by Crippen LogP contribution is -2.44. The fraction of sp³-hybridized carbons (Fsp3) is 0.391. The highest BCUT2D eigenvalue weighted by Gasteiger charge is 2.39. The molecule has 1 aromatic heterocycles. The molecule has 0 radical (unpaired) electrons. The maximum atomic E-state index is 13.2. The maximum Gasteiger partial charge on any atom is 0.252 e. The second-order valence-corrected chi connectivity index (χ2v) is 8.18. The van der Waals surface area contributed by atoms with Crippen LogP contribution >= 0.6 is 0 Å². The van der Waals surface area contributed by atoms with Crippen LogP contribution in [0.5, 0.6) is 0 Å². The Bertz CT molecular complexity index is 1030. The molecule has 146 valence electrons. The second-order valence-electron chi connectivity index (χ2n) is 8.18. The third-order valence-corrected chi connectivity index (χ3v) is 5.97. The van der Waals surface area contributed by atoms with Crippen molar-refractivity contribution in [2.45, 2.75) is 45.1 Å². The van der Waals surface area contributed by atoms with Gasteiger partial charge in [-0.1, -0.05) is 38.1 Å². The normalized spacial score (nSPS) is 19.9. The number of aromatic nitrogens is 1. The number of carbonyl (C=O) groups is 1. The van der Waals surface area contributed by atoms with E-state index in [1.54, 1.807) is 7.11 Å². The minimum Gasteiger partial charge on any atom is -0.480 e. The Labute approximate surface area is 165 Å². The molecule has 0 bridgehead atoms. The van der Waals surface area contributed by atoms with Crippen LogP contribution in [0.25, 0.3) is 10.9 Å². The minimum absolute atomic E-state index is 0.0558. The van der Waals surface area contributed by atoms with E-state index in [2.05, 4.69) is 37.5 Å². The molecule has 3 heterocycles. The monoisotopic (exact) mass is 377 g/mol. The van der Waals surface area contributed by atoms with Crippen LogP contribution in [0, 0.1) is 0 Å². The number of allylic oxidation sites excluding steroid dienone is 1. The Morgan fingerprint density at radius 3 is 2.86 bits per heavy atom. The molecule has 0 aliphatic carbocycles. The van der Waals surface area contributed by atoms with E-state index >= 15 is 0 Å². The van der Waals surface area contributed by atoms with Crippen LogP contribution in [0.15, 0.2) is 53.2 Å². The number of aliphatic imine (C=N–C) groups is 1. The lowest BCUT2D eigenvalue weighted by Gasteiger charge is -2.30. The maximum absolute atomic E-state index is 13.2. The first-order valence-corrected chi connectivity index (χ1v) is 9.74. The Morgan fingerprint density at radius 1 is 1.39 bits per heavy atom. The van der Waals surface area contributed by atoms with Gasteiger partial charge in [0.15, 0.2) is 0 Å². The largest absolute Gasteiger partial charge is 0.480 e. The number of aromatic amines is 1. The topological polar surface area (TPSA) is 57.7 Å². The molecule has 2 aromatic rings. The average Bonchev–Trinajstić information content (AvgIpc) is 3.26. The van der Waals surface area contributed by atoms with Crippen LogP contribution in [0.3, 0.4) is 0 Å². The molecule has 2 aliphatic heterocycles. The third kappa shape index (κ3) is 2.77. The van der Waals surface area contributed by atoms with E-state index in [9.17, 15) is 4.79 Å². The van der Waals surface area contributed by atoms with Crippen LogP contribution in [0.1, 0.15) is 38.4 Å². The molecule has 1 amide bonds. The Hall–Kier alpha value is -2.82. The summed E-state index contributed by atoms with van der Waals surface area (Å²) >= 11 is 0. The number of carbonyl (C=O) groups excluding carboxylic acids is 1. The first-order valence-electron chi connectivity index (χ1n) is 9.74. The molecule has 1 aromatic carbocycles. The van der Waals surface area contributed by atoms with Gasteiger partial charge in [-0.05, 0) is 30.5 Å². The van der Waals surface area contributed by atoms with Crippen LogP contribution in [-0.4, -0.2) is 41.4 Å². The minimum atomic E-state index is -0.483. The molecule has 0 saturated heterocycles. The van der Waals surface area contributed by atoms with Gasteiger partial charge in [0.1, 0.15) is 11.7 Å². The summed E-state index contributed by atoms with van der Waals surface area (Å²) in [6.07, 6.45) is 3.35. The van der Waals surface area contributed by atoms with Gasteiger partial charge < -0.3 is 14.6 Å². The predicted octanol–water partition coefficient (Wildman–Crippen LogP) is 4.11. The van der Waals surface area contributed by atoms with Crippen molar-refractivity contribution >= 4 is 22.7 Å². The first kappa shape index (κ1) is 18.5. The van der Waals surface area contributed by atoms with Crippen LogP contribution < -0.4 is 0 Å². The lowest BCUT2D eigenvalue weighted by atomic mass is 9.85. The van der Waals surface area contributed by atoms with Gasteiger partial charge in [0.25, 0.3) is 5.91 Å². The highest BCUT2D eigenvalue weighted by atomic mass is 16.5. The summed E-state index contributed by atoms with van der Waals surface area (Å²) in [5, 5.41) is 1.13. The molecule has 5 nitrogen and oxygen atoms in total. The number of ether oxygens (including phenoxy) is 1. The number of nitrogens with zero attached hydrogens (tertiary/aromatic N) is 2. The zero-order valence-corrected chi connectivity index (χ0v) is 17.0.